The van der Waals surface area contributed by atoms with Crippen LogP contribution in [0.4, 0.5) is 0 Å². The number of aromatic nitrogens is 3. The van der Waals surface area contributed by atoms with Gasteiger partial charge in [0.05, 0.1) is 30.4 Å². The highest BCUT2D eigenvalue weighted by atomic mass is 32.2. The summed E-state index contributed by atoms with van der Waals surface area (Å²) >= 11 is 3.00. The molecule has 0 radical (unpaired) electrons. The van der Waals surface area contributed by atoms with Gasteiger partial charge in [-0.15, -0.1) is 21.5 Å². The van der Waals surface area contributed by atoms with Crippen molar-refractivity contribution in [1.29, 1.82) is 0 Å². The van der Waals surface area contributed by atoms with Crippen LogP contribution >= 0.6 is 23.1 Å². The highest BCUT2D eigenvalue weighted by Gasteiger charge is 2.17. The van der Waals surface area contributed by atoms with E-state index in [0.29, 0.717) is 39.8 Å². The van der Waals surface area contributed by atoms with E-state index in [9.17, 15) is 0 Å². The molecular formula is C19H17N3O4S2. The van der Waals surface area contributed by atoms with Gasteiger partial charge in [-0.1, -0.05) is 17.8 Å². The lowest BCUT2D eigenvalue weighted by molar-refractivity contribution is 0.393. The smallest absolute Gasteiger partial charge is 0.277 e. The molecule has 0 bridgehead atoms. The van der Waals surface area contributed by atoms with Crippen LogP contribution in [0.5, 0.6) is 11.5 Å². The Morgan fingerprint density at radius 1 is 1.07 bits per heavy atom. The van der Waals surface area contributed by atoms with Crippen LogP contribution in [-0.2, 0) is 5.75 Å². The summed E-state index contributed by atoms with van der Waals surface area (Å²) in [6.45, 7) is 1.90. The average molecular weight is 415 g/mol. The Hall–Kier alpha value is -2.78. The minimum atomic E-state index is 0.387. The largest absolute Gasteiger partial charge is 0.497 e. The zero-order valence-electron chi connectivity index (χ0n) is 15.5. The number of benzene rings is 1. The van der Waals surface area contributed by atoms with Crippen molar-refractivity contribution in [2.45, 2.75) is 17.9 Å². The highest BCUT2D eigenvalue weighted by Crippen LogP contribution is 2.34. The number of thioether (sulfide) groups is 1. The van der Waals surface area contributed by atoms with Gasteiger partial charge in [0.1, 0.15) is 17.3 Å². The van der Waals surface area contributed by atoms with Gasteiger partial charge in [0.15, 0.2) is 0 Å². The van der Waals surface area contributed by atoms with Crippen LogP contribution in [0, 0.1) is 6.92 Å². The number of ether oxygens (including phenoxy) is 2. The number of thiophene rings is 1. The minimum absolute atomic E-state index is 0.387. The summed E-state index contributed by atoms with van der Waals surface area (Å²) in [4.78, 5) is 5.58. The molecule has 0 N–H and O–H groups in total. The zero-order valence-corrected chi connectivity index (χ0v) is 17.1. The SMILES string of the molecule is COc1ccc(-c2nnc(SCc3nc(-c4cccs4)oc3C)o2)c(OC)c1. The molecule has 4 rings (SSSR count). The van der Waals surface area contributed by atoms with Crippen molar-refractivity contribution in [3.05, 3.63) is 47.2 Å². The van der Waals surface area contributed by atoms with Crippen molar-refractivity contribution in [1.82, 2.24) is 15.2 Å². The van der Waals surface area contributed by atoms with Crippen LogP contribution in [0.25, 0.3) is 22.2 Å². The molecule has 0 aliphatic carbocycles. The number of nitrogens with zero attached hydrogens (tertiary/aromatic N) is 3. The molecule has 0 spiro atoms. The third-order valence-electron chi connectivity index (χ3n) is 4.00. The average Bonchev–Trinajstić information content (AvgIpc) is 3.47. The maximum atomic E-state index is 5.79. The highest BCUT2D eigenvalue weighted by molar-refractivity contribution is 7.98. The number of rotatable bonds is 7. The summed E-state index contributed by atoms with van der Waals surface area (Å²) in [7, 11) is 3.19. The topological polar surface area (TPSA) is 83.4 Å². The number of methoxy groups -OCH3 is 2. The van der Waals surface area contributed by atoms with Gasteiger partial charge in [-0.25, -0.2) is 4.98 Å². The molecule has 0 saturated heterocycles. The standard InChI is InChI=1S/C19H17N3O4S2/c1-11-14(20-18(25-11)16-5-4-8-27-16)10-28-19-22-21-17(26-19)13-7-6-12(23-2)9-15(13)24-3/h4-9H,10H2,1-3H3. The van der Waals surface area contributed by atoms with Crippen molar-refractivity contribution in [3.63, 3.8) is 0 Å². The number of aryl methyl sites for hydroxylation is 1. The molecule has 9 heteroatoms. The van der Waals surface area contributed by atoms with Gasteiger partial charge < -0.3 is 18.3 Å². The summed E-state index contributed by atoms with van der Waals surface area (Å²) in [5, 5.41) is 10.7. The van der Waals surface area contributed by atoms with Crippen LogP contribution in [-0.4, -0.2) is 29.4 Å². The van der Waals surface area contributed by atoms with Crippen LogP contribution in [0.2, 0.25) is 0 Å². The molecule has 28 heavy (non-hydrogen) atoms. The summed E-state index contributed by atoms with van der Waals surface area (Å²) in [5.74, 6) is 3.68. The fraction of sp³-hybridized carbons (Fsp3) is 0.211. The van der Waals surface area contributed by atoms with Crippen molar-refractivity contribution < 1.29 is 18.3 Å². The summed E-state index contributed by atoms with van der Waals surface area (Å²) in [6.07, 6.45) is 0. The van der Waals surface area contributed by atoms with Gasteiger partial charge in [0.25, 0.3) is 11.1 Å². The Morgan fingerprint density at radius 2 is 1.96 bits per heavy atom. The number of hydrogen-bond donors (Lipinski definition) is 0. The van der Waals surface area contributed by atoms with Gasteiger partial charge in [0.2, 0.25) is 5.89 Å². The first-order valence-corrected chi connectivity index (χ1v) is 10.2. The molecule has 0 unspecified atom stereocenters. The Morgan fingerprint density at radius 3 is 2.71 bits per heavy atom. The van der Waals surface area contributed by atoms with E-state index < -0.39 is 0 Å². The normalized spacial score (nSPS) is 11.0. The first kappa shape index (κ1) is 18.6. The second-order valence-corrected chi connectivity index (χ2v) is 7.60. The van der Waals surface area contributed by atoms with E-state index in [-0.39, 0.29) is 0 Å². The van der Waals surface area contributed by atoms with Crippen molar-refractivity contribution in [2.24, 2.45) is 0 Å². The molecule has 0 atom stereocenters. The molecule has 144 valence electrons. The van der Waals surface area contributed by atoms with Crippen molar-refractivity contribution in [3.8, 4) is 33.7 Å². The lowest BCUT2D eigenvalue weighted by atomic mass is 10.2. The van der Waals surface area contributed by atoms with Crippen molar-refractivity contribution >= 4 is 23.1 Å². The molecular weight excluding hydrogens is 398 g/mol. The maximum Gasteiger partial charge on any atom is 0.277 e. The lowest BCUT2D eigenvalue weighted by Crippen LogP contribution is -1.90. The maximum absolute atomic E-state index is 5.79. The van der Waals surface area contributed by atoms with E-state index in [1.807, 2.05) is 36.6 Å². The molecule has 0 aliphatic heterocycles. The summed E-state index contributed by atoms with van der Waals surface area (Å²) < 4.78 is 22.2. The Bertz CT molecular complexity index is 1070. The molecule has 0 aliphatic rings. The third-order valence-corrected chi connectivity index (χ3v) is 5.69. The Labute approximate surface area is 169 Å². The molecule has 1 aromatic carbocycles. The third kappa shape index (κ3) is 3.76. The zero-order chi connectivity index (χ0) is 19.5. The molecule has 0 fully saturated rings. The fourth-order valence-corrected chi connectivity index (χ4v) is 3.96. The van der Waals surface area contributed by atoms with Crippen molar-refractivity contribution in [2.75, 3.05) is 14.2 Å². The van der Waals surface area contributed by atoms with Gasteiger partial charge >= 0.3 is 0 Å². The van der Waals surface area contributed by atoms with E-state index in [1.165, 1.54) is 11.8 Å². The predicted molar refractivity (Wildman–Crippen MR) is 107 cm³/mol. The van der Waals surface area contributed by atoms with Gasteiger partial charge in [-0.2, -0.15) is 0 Å². The predicted octanol–water partition coefficient (Wildman–Crippen LogP) is 5.07. The molecule has 0 amide bonds. The van der Waals surface area contributed by atoms with Gasteiger partial charge in [0, 0.05) is 11.8 Å². The molecule has 4 aromatic rings. The van der Waals surface area contributed by atoms with Crippen LogP contribution < -0.4 is 9.47 Å². The Balaban J connectivity index is 1.49. The molecule has 3 heterocycles. The van der Waals surface area contributed by atoms with Crippen LogP contribution in [0.3, 0.4) is 0 Å². The van der Waals surface area contributed by atoms with E-state index in [4.69, 9.17) is 18.3 Å². The number of hydrogen-bond acceptors (Lipinski definition) is 9. The number of oxazole rings is 1. The van der Waals surface area contributed by atoms with E-state index >= 15 is 0 Å². The van der Waals surface area contributed by atoms with Crippen LogP contribution in [0.1, 0.15) is 11.5 Å². The second kappa shape index (κ2) is 8.07. The summed E-state index contributed by atoms with van der Waals surface area (Å²) in [5.41, 5.74) is 1.57. The quantitative estimate of drug-likeness (QED) is 0.387. The molecule has 0 saturated carbocycles. The molecule has 7 nitrogen and oxygen atoms in total. The van der Waals surface area contributed by atoms with E-state index in [1.54, 1.807) is 31.6 Å². The van der Waals surface area contributed by atoms with Crippen LogP contribution in [0.15, 0.2) is 49.8 Å². The first-order valence-electron chi connectivity index (χ1n) is 8.37. The minimum Gasteiger partial charge on any atom is -0.497 e. The molecule has 3 aromatic heterocycles. The summed E-state index contributed by atoms with van der Waals surface area (Å²) in [6, 6.07) is 9.38. The van der Waals surface area contributed by atoms with Gasteiger partial charge in [-0.3, -0.25) is 0 Å². The Kier molecular flexibility index (Phi) is 5.36. The van der Waals surface area contributed by atoms with E-state index in [2.05, 4.69) is 15.2 Å². The lowest BCUT2D eigenvalue weighted by Gasteiger charge is -2.07. The van der Waals surface area contributed by atoms with E-state index in [0.717, 1.165) is 16.3 Å². The fourth-order valence-electron chi connectivity index (χ4n) is 2.55. The van der Waals surface area contributed by atoms with Gasteiger partial charge in [-0.05, 0) is 30.5 Å². The first-order chi connectivity index (χ1) is 13.7. The second-order valence-electron chi connectivity index (χ2n) is 5.73. The monoisotopic (exact) mass is 415 g/mol.